The molecule has 0 N–H and O–H groups in total. The second kappa shape index (κ2) is 6.13. The van der Waals surface area contributed by atoms with Crippen LogP contribution in [0.15, 0.2) is 18.7 Å². The fourth-order valence-electron chi connectivity index (χ4n) is 1.29. The van der Waals surface area contributed by atoms with E-state index in [-0.39, 0.29) is 38.1 Å². The Bertz CT molecular complexity index is 524. The molecule has 1 aromatic carbocycles. The maximum absolute atomic E-state index is 13.3. The molecule has 8 heteroatoms. The SMILES string of the molecule is Fc1cc(F)c(F)c(Cc2ncncn2)c1F.[Zr]. The van der Waals surface area contributed by atoms with Crippen molar-refractivity contribution in [2.45, 2.75) is 6.42 Å². The molecule has 0 unspecified atom stereocenters. The Hall–Kier alpha value is -1.17. The molecule has 3 nitrogen and oxygen atoms in total. The summed E-state index contributed by atoms with van der Waals surface area (Å²) in [5.41, 5.74) is -0.742. The van der Waals surface area contributed by atoms with E-state index in [0.29, 0.717) is 0 Å². The average molecular weight is 334 g/mol. The van der Waals surface area contributed by atoms with E-state index >= 15 is 0 Å². The average Bonchev–Trinajstić information content (AvgIpc) is 2.33. The fraction of sp³-hybridized carbons (Fsp3) is 0.100. The summed E-state index contributed by atoms with van der Waals surface area (Å²) in [6.07, 6.45) is 1.79. The van der Waals surface area contributed by atoms with Gasteiger partial charge >= 0.3 is 0 Å². The molecule has 0 saturated carbocycles. The predicted molar refractivity (Wildman–Crippen MR) is 48.9 cm³/mol. The van der Waals surface area contributed by atoms with Crippen LogP contribution >= 0.6 is 0 Å². The Morgan fingerprint density at radius 2 is 1.39 bits per heavy atom. The van der Waals surface area contributed by atoms with Crippen molar-refractivity contribution in [2.75, 3.05) is 0 Å². The fourth-order valence-corrected chi connectivity index (χ4v) is 1.29. The van der Waals surface area contributed by atoms with Crippen LogP contribution in [-0.4, -0.2) is 15.0 Å². The van der Waals surface area contributed by atoms with Gasteiger partial charge in [-0.2, -0.15) is 0 Å². The zero-order valence-electron chi connectivity index (χ0n) is 8.79. The van der Waals surface area contributed by atoms with Gasteiger partial charge in [-0.1, -0.05) is 0 Å². The summed E-state index contributed by atoms with van der Waals surface area (Å²) in [5, 5.41) is 0. The number of benzene rings is 1. The molecule has 0 aliphatic carbocycles. The molecule has 92 valence electrons. The third-order valence-corrected chi connectivity index (χ3v) is 2.08. The van der Waals surface area contributed by atoms with Crippen LogP contribution in [0.2, 0.25) is 0 Å². The van der Waals surface area contributed by atoms with Crippen LogP contribution < -0.4 is 0 Å². The van der Waals surface area contributed by atoms with Crippen molar-refractivity contribution in [3.05, 3.63) is 53.4 Å². The molecule has 2 aromatic rings. The molecule has 0 bridgehead atoms. The topological polar surface area (TPSA) is 38.7 Å². The molecule has 0 radical (unpaired) electrons. The number of halogens is 4. The second-order valence-corrected chi connectivity index (χ2v) is 3.18. The normalized spacial score (nSPS) is 10.0. The van der Waals surface area contributed by atoms with Gasteiger partial charge in [0.05, 0.1) is 0 Å². The number of hydrogen-bond acceptors (Lipinski definition) is 3. The van der Waals surface area contributed by atoms with Gasteiger partial charge in [0, 0.05) is 44.3 Å². The first kappa shape index (κ1) is 14.9. The van der Waals surface area contributed by atoms with Gasteiger partial charge < -0.3 is 0 Å². The Morgan fingerprint density at radius 3 is 1.89 bits per heavy atom. The van der Waals surface area contributed by atoms with Crippen molar-refractivity contribution in [1.29, 1.82) is 0 Å². The molecular formula is C10H5F4N3Zr. The van der Waals surface area contributed by atoms with E-state index in [4.69, 9.17) is 0 Å². The molecule has 1 aromatic heterocycles. The summed E-state index contributed by atoms with van der Waals surface area (Å²) in [6, 6.07) is 0.154. The van der Waals surface area contributed by atoms with E-state index in [1.165, 1.54) is 0 Å². The van der Waals surface area contributed by atoms with Crippen molar-refractivity contribution in [2.24, 2.45) is 0 Å². The minimum absolute atomic E-state index is 0. The van der Waals surface area contributed by atoms with Crippen molar-refractivity contribution < 1.29 is 43.8 Å². The summed E-state index contributed by atoms with van der Waals surface area (Å²) in [6.45, 7) is 0. The van der Waals surface area contributed by atoms with E-state index in [0.717, 1.165) is 12.7 Å². The molecule has 0 aliphatic rings. The Kier molecular flexibility index (Phi) is 5.07. The van der Waals surface area contributed by atoms with Gasteiger partial charge in [0.2, 0.25) is 0 Å². The molecule has 0 amide bonds. The van der Waals surface area contributed by atoms with Gasteiger partial charge in [0.25, 0.3) is 0 Å². The molecule has 0 aliphatic heterocycles. The summed E-state index contributed by atoms with van der Waals surface area (Å²) in [4.78, 5) is 10.7. The maximum atomic E-state index is 13.3. The number of hydrogen-bond donors (Lipinski definition) is 0. The van der Waals surface area contributed by atoms with Gasteiger partial charge in [0.1, 0.15) is 18.5 Å². The predicted octanol–water partition coefficient (Wildman–Crippen LogP) is 2.02. The minimum atomic E-state index is -1.45. The van der Waals surface area contributed by atoms with E-state index < -0.39 is 35.3 Å². The van der Waals surface area contributed by atoms with E-state index in [1.54, 1.807) is 0 Å². The largest absolute Gasteiger partial charge is 0.225 e. The number of rotatable bonds is 2. The molecule has 0 fully saturated rings. The van der Waals surface area contributed by atoms with E-state index in [2.05, 4.69) is 15.0 Å². The standard InChI is InChI=1S/C10H5F4N3.Zr/c11-6-2-7(12)10(14)5(9(6)13)1-8-16-3-15-4-17-8;/h2-4H,1H2;. The van der Waals surface area contributed by atoms with Gasteiger partial charge in [-0.05, 0) is 0 Å². The van der Waals surface area contributed by atoms with Crippen LogP contribution in [-0.2, 0) is 32.6 Å². The van der Waals surface area contributed by atoms with Gasteiger partial charge in [-0.15, -0.1) is 0 Å². The first-order valence-corrected chi connectivity index (χ1v) is 4.52. The van der Waals surface area contributed by atoms with Gasteiger partial charge in [-0.25, -0.2) is 32.5 Å². The third-order valence-electron chi connectivity index (χ3n) is 2.08. The monoisotopic (exact) mass is 333 g/mol. The molecule has 0 atom stereocenters. The summed E-state index contributed by atoms with van der Waals surface area (Å²) in [5.74, 6) is -5.77. The van der Waals surface area contributed by atoms with Gasteiger partial charge in [-0.3, -0.25) is 0 Å². The molecule has 0 spiro atoms. The number of aromatic nitrogens is 3. The molecule has 2 rings (SSSR count). The Labute approximate surface area is 118 Å². The molecule has 0 saturated heterocycles. The van der Waals surface area contributed by atoms with Crippen LogP contribution in [0, 0.1) is 23.3 Å². The molecule has 18 heavy (non-hydrogen) atoms. The first-order valence-electron chi connectivity index (χ1n) is 4.52. The van der Waals surface area contributed by atoms with Crippen molar-refractivity contribution in [3.8, 4) is 0 Å². The molecular weight excluding hydrogens is 329 g/mol. The summed E-state index contributed by atoms with van der Waals surface area (Å²) < 4.78 is 52.3. The Balaban J connectivity index is 0.00000162. The van der Waals surface area contributed by atoms with Crippen LogP contribution in [0.4, 0.5) is 17.6 Å². The van der Waals surface area contributed by atoms with Crippen molar-refractivity contribution in [1.82, 2.24) is 15.0 Å². The van der Waals surface area contributed by atoms with Crippen LogP contribution in [0.5, 0.6) is 0 Å². The van der Waals surface area contributed by atoms with Crippen LogP contribution in [0.3, 0.4) is 0 Å². The molecule has 1 heterocycles. The quantitative estimate of drug-likeness (QED) is 0.623. The van der Waals surface area contributed by atoms with Gasteiger partial charge in [0.15, 0.2) is 23.3 Å². The smallest absolute Gasteiger partial charge is 0.165 e. The second-order valence-electron chi connectivity index (χ2n) is 3.18. The summed E-state index contributed by atoms with van der Waals surface area (Å²) in [7, 11) is 0. The number of nitrogens with zero attached hydrogens (tertiary/aromatic N) is 3. The third kappa shape index (κ3) is 2.99. The Morgan fingerprint density at radius 1 is 0.889 bits per heavy atom. The zero-order valence-corrected chi connectivity index (χ0v) is 11.3. The van der Waals surface area contributed by atoms with E-state index in [9.17, 15) is 17.6 Å². The maximum Gasteiger partial charge on any atom is 0.165 e. The van der Waals surface area contributed by atoms with Crippen molar-refractivity contribution >= 4 is 0 Å². The van der Waals surface area contributed by atoms with E-state index in [1.807, 2.05) is 0 Å². The summed E-state index contributed by atoms with van der Waals surface area (Å²) >= 11 is 0. The minimum Gasteiger partial charge on any atom is -0.225 e. The zero-order chi connectivity index (χ0) is 12.4. The first-order chi connectivity index (χ1) is 8.09. The van der Waals surface area contributed by atoms with Crippen LogP contribution in [0.25, 0.3) is 0 Å². The van der Waals surface area contributed by atoms with Crippen LogP contribution in [0.1, 0.15) is 11.4 Å². The van der Waals surface area contributed by atoms with Crippen molar-refractivity contribution in [3.63, 3.8) is 0 Å².